The van der Waals surface area contributed by atoms with Crippen molar-refractivity contribution in [1.82, 2.24) is 10.9 Å². The summed E-state index contributed by atoms with van der Waals surface area (Å²) in [5.41, 5.74) is 4.50. The third-order valence-corrected chi connectivity index (χ3v) is 6.39. The van der Waals surface area contributed by atoms with Crippen LogP contribution in [0.2, 0.25) is 0 Å². The third kappa shape index (κ3) is 4.70. The number of halogens is 1. The van der Waals surface area contributed by atoms with Crippen LogP contribution < -0.4 is 19.9 Å². The molecule has 0 saturated carbocycles. The van der Waals surface area contributed by atoms with Gasteiger partial charge in [0.25, 0.3) is 21.8 Å². The molecule has 0 aliphatic rings. The van der Waals surface area contributed by atoms with Gasteiger partial charge in [0.15, 0.2) is 0 Å². The number of anilines is 1. The highest BCUT2D eigenvalue weighted by atomic mass is 32.2. The Labute approximate surface area is 184 Å². The molecule has 0 spiro atoms. The van der Waals surface area contributed by atoms with Crippen molar-refractivity contribution in [2.45, 2.75) is 4.90 Å². The smallest absolute Gasteiger partial charge is 0.272 e. The van der Waals surface area contributed by atoms with Crippen LogP contribution in [0.4, 0.5) is 10.1 Å². The standard InChI is InChI=1S/C22H20FN3O5S/c1-26(19-9-5-6-10-20(19)31-2)32(29,30)16-13-11-15(12-14-16)21(27)24-25-22(28)17-7-3-4-8-18(17)23/h3-14H,1-2H3,(H,24,27)(H,25,28). The molecule has 0 aliphatic heterocycles. The van der Waals surface area contributed by atoms with Crippen molar-refractivity contribution in [3.05, 3.63) is 89.7 Å². The van der Waals surface area contributed by atoms with Crippen molar-refractivity contribution in [2.75, 3.05) is 18.5 Å². The number of rotatable bonds is 6. The third-order valence-electron chi connectivity index (χ3n) is 4.61. The van der Waals surface area contributed by atoms with Crippen molar-refractivity contribution >= 4 is 27.5 Å². The molecule has 3 aromatic rings. The van der Waals surface area contributed by atoms with E-state index in [1.165, 1.54) is 56.6 Å². The molecular weight excluding hydrogens is 437 g/mol. The Kier molecular flexibility index (Phi) is 6.74. The predicted octanol–water partition coefficient (Wildman–Crippen LogP) is 2.73. The first-order valence-electron chi connectivity index (χ1n) is 9.33. The van der Waals surface area contributed by atoms with Gasteiger partial charge in [0.2, 0.25) is 0 Å². The highest BCUT2D eigenvalue weighted by molar-refractivity contribution is 7.92. The first-order chi connectivity index (χ1) is 15.3. The fourth-order valence-corrected chi connectivity index (χ4v) is 4.06. The number of hydrazine groups is 1. The lowest BCUT2D eigenvalue weighted by Crippen LogP contribution is -2.41. The molecule has 166 valence electrons. The molecule has 10 heteroatoms. The summed E-state index contributed by atoms with van der Waals surface area (Å²) in [7, 11) is -1.09. The summed E-state index contributed by atoms with van der Waals surface area (Å²) < 4.78 is 45.9. The highest BCUT2D eigenvalue weighted by Crippen LogP contribution is 2.30. The first-order valence-corrected chi connectivity index (χ1v) is 10.8. The van der Waals surface area contributed by atoms with E-state index in [4.69, 9.17) is 4.74 Å². The number of hydrogen-bond acceptors (Lipinski definition) is 5. The topological polar surface area (TPSA) is 105 Å². The molecule has 8 nitrogen and oxygen atoms in total. The molecule has 0 unspecified atom stereocenters. The van der Waals surface area contributed by atoms with Gasteiger partial charge in [-0.2, -0.15) is 0 Å². The largest absolute Gasteiger partial charge is 0.495 e. The van der Waals surface area contributed by atoms with E-state index < -0.39 is 27.7 Å². The van der Waals surface area contributed by atoms with Crippen LogP contribution in [0.25, 0.3) is 0 Å². The molecule has 2 N–H and O–H groups in total. The van der Waals surface area contributed by atoms with E-state index in [1.807, 2.05) is 0 Å². The molecule has 0 aromatic heterocycles. The minimum atomic E-state index is -3.92. The van der Waals surface area contributed by atoms with E-state index in [2.05, 4.69) is 10.9 Å². The van der Waals surface area contributed by atoms with Crippen molar-refractivity contribution in [3.63, 3.8) is 0 Å². The number of carbonyl (C=O) groups excluding carboxylic acids is 2. The number of sulfonamides is 1. The second kappa shape index (κ2) is 9.48. The molecular formula is C22H20FN3O5S. The summed E-state index contributed by atoms with van der Waals surface area (Å²) in [6.45, 7) is 0. The Hall–Kier alpha value is -3.92. The first kappa shape index (κ1) is 22.8. The maximum Gasteiger partial charge on any atom is 0.272 e. The van der Waals surface area contributed by atoms with Crippen LogP contribution in [-0.2, 0) is 10.0 Å². The van der Waals surface area contributed by atoms with Crippen LogP contribution in [0.15, 0.2) is 77.7 Å². The van der Waals surface area contributed by atoms with Crippen molar-refractivity contribution in [2.24, 2.45) is 0 Å². The summed E-state index contributed by atoms with van der Waals surface area (Å²) in [6.07, 6.45) is 0. The number of nitrogens with zero attached hydrogens (tertiary/aromatic N) is 1. The van der Waals surface area contributed by atoms with Gasteiger partial charge in [0.05, 0.1) is 23.3 Å². The van der Waals surface area contributed by atoms with Gasteiger partial charge < -0.3 is 4.74 Å². The maximum atomic E-state index is 13.6. The zero-order valence-electron chi connectivity index (χ0n) is 17.2. The zero-order valence-corrected chi connectivity index (χ0v) is 18.0. The van der Waals surface area contributed by atoms with E-state index >= 15 is 0 Å². The SMILES string of the molecule is COc1ccccc1N(C)S(=O)(=O)c1ccc(C(=O)NNC(=O)c2ccccc2F)cc1. The second-order valence-corrected chi connectivity index (χ2v) is 8.53. The van der Waals surface area contributed by atoms with Crippen molar-refractivity contribution < 1.29 is 27.1 Å². The number of carbonyl (C=O) groups is 2. The van der Waals surface area contributed by atoms with Gasteiger partial charge in [0.1, 0.15) is 11.6 Å². The average molecular weight is 457 g/mol. The molecule has 2 amide bonds. The quantitative estimate of drug-likeness (QED) is 0.554. The number of amides is 2. The molecule has 0 fully saturated rings. The van der Waals surface area contributed by atoms with Crippen LogP contribution in [-0.4, -0.2) is 34.4 Å². The molecule has 32 heavy (non-hydrogen) atoms. The molecule has 0 saturated heterocycles. The normalized spacial score (nSPS) is 10.8. The van der Waals surface area contributed by atoms with Crippen molar-refractivity contribution in [1.29, 1.82) is 0 Å². The van der Waals surface area contributed by atoms with Gasteiger partial charge >= 0.3 is 0 Å². The number of hydrogen-bond donors (Lipinski definition) is 2. The number of ether oxygens (including phenoxy) is 1. The Morgan fingerprint density at radius 2 is 1.47 bits per heavy atom. The monoisotopic (exact) mass is 457 g/mol. The summed E-state index contributed by atoms with van der Waals surface area (Å²) in [6, 6.07) is 17.1. The lowest BCUT2D eigenvalue weighted by atomic mass is 10.2. The minimum Gasteiger partial charge on any atom is -0.495 e. The molecule has 0 heterocycles. The van der Waals surface area contributed by atoms with E-state index in [0.717, 1.165) is 10.4 Å². The number of para-hydroxylation sites is 2. The van der Waals surface area contributed by atoms with Crippen molar-refractivity contribution in [3.8, 4) is 5.75 Å². The minimum absolute atomic E-state index is 0.0437. The van der Waals surface area contributed by atoms with Gasteiger partial charge in [-0.1, -0.05) is 24.3 Å². The van der Waals surface area contributed by atoms with E-state index in [1.54, 1.807) is 24.3 Å². The molecule has 0 radical (unpaired) electrons. The van der Waals surface area contributed by atoms with Gasteiger partial charge in [0, 0.05) is 12.6 Å². The summed E-state index contributed by atoms with van der Waals surface area (Å²) in [5.74, 6) is -1.86. The van der Waals surface area contributed by atoms with Crippen LogP contribution in [0.3, 0.4) is 0 Å². The average Bonchev–Trinajstić information content (AvgIpc) is 2.82. The Bertz CT molecular complexity index is 1250. The molecule has 0 bridgehead atoms. The molecule has 3 rings (SSSR count). The lowest BCUT2D eigenvalue weighted by Gasteiger charge is -2.21. The second-order valence-electron chi connectivity index (χ2n) is 6.56. The van der Waals surface area contributed by atoms with E-state index in [9.17, 15) is 22.4 Å². The number of nitrogens with one attached hydrogen (secondary N) is 2. The highest BCUT2D eigenvalue weighted by Gasteiger charge is 2.24. The number of methoxy groups -OCH3 is 1. The Morgan fingerprint density at radius 3 is 2.12 bits per heavy atom. The van der Waals surface area contributed by atoms with Gasteiger partial charge in [-0.05, 0) is 48.5 Å². The summed E-state index contributed by atoms with van der Waals surface area (Å²) in [4.78, 5) is 24.2. The zero-order chi connectivity index (χ0) is 23.3. The van der Waals surface area contributed by atoms with E-state index in [-0.39, 0.29) is 16.0 Å². The fraction of sp³-hybridized carbons (Fsp3) is 0.0909. The predicted molar refractivity (Wildman–Crippen MR) is 116 cm³/mol. The Morgan fingerprint density at radius 1 is 0.875 bits per heavy atom. The molecule has 0 aliphatic carbocycles. The van der Waals surface area contributed by atoms with E-state index in [0.29, 0.717) is 11.4 Å². The molecule has 3 aromatic carbocycles. The van der Waals surface area contributed by atoms with Gasteiger partial charge in [-0.15, -0.1) is 0 Å². The lowest BCUT2D eigenvalue weighted by molar-refractivity contribution is 0.0844. The van der Waals surface area contributed by atoms with Crippen LogP contribution in [0.5, 0.6) is 5.75 Å². The van der Waals surface area contributed by atoms with Gasteiger partial charge in [-0.25, -0.2) is 12.8 Å². The van der Waals surface area contributed by atoms with Gasteiger partial charge in [-0.3, -0.25) is 24.7 Å². The fourth-order valence-electron chi connectivity index (χ4n) is 2.85. The Balaban J connectivity index is 1.72. The number of benzene rings is 3. The summed E-state index contributed by atoms with van der Waals surface area (Å²) in [5, 5.41) is 0. The van der Waals surface area contributed by atoms with Crippen LogP contribution in [0.1, 0.15) is 20.7 Å². The molecule has 0 atom stereocenters. The van der Waals surface area contributed by atoms with Crippen LogP contribution in [0, 0.1) is 5.82 Å². The maximum absolute atomic E-state index is 13.6. The summed E-state index contributed by atoms with van der Waals surface area (Å²) >= 11 is 0. The van der Waals surface area contributed by atoms with Crippen LogP contribution >= 0.6 is 0 Å².